The molecule has 0 fully saturated rings. The lowest BCUT2D eigenvalue weighted by atomic mass is 10.1. The summed E-state index contributed by atoms with van der Waals surface area (Å²) in [5.41, 5.74) is 1.98. The van der Waals surface area contributed by atoms with Crippen LogP contribution in [-0.2, 0) is 4.74 Å². The molecule has 0 aliphatic rings. The van der Waals surface area contributed by atoms with Crippen molar-refractivity contribution in [2.24, 2.45) is 0 Å². The van der Waals surface area contributed by atoms with Gasteiger partial charge in [-0.1, -0.05) is 47.6 Å². The molecule has 1 N–H and O–H groups in total. The maximum atomic E-state index is 6.25. The number of nitrogens with one attached hydrogen (secondary N) is 1. The summed E-state index contributed by atoms with van der Waals surface area (Å²) < 4.78 is 6.25. The van der Waals surface area contributed by atoms with Gasteiger partial charge in [-0.05, 0) is 50.7 Å². The Morgan fingerprint density at radius 2 is 1.36 bits per heavy atom. The van der Waals surface area contributed by atoms with E-state index >= 15 is 0 Å². The van der Waals surface area contributed by atoms with Crippen LogP contribution in [0.25, 0.3) is 0 Å². The standard InChI is InChI=1S/C19H41NOSi/c1-12-13-18(17(8)21-19(9,10)11)20-22(14(2)3,15(4)5)16(6)7/h12,14-18,20H,1,13H2,2-11H3/t17-,18+/m0/s1. The van der Waals surface area contributed by atoms with Gasteiger partial charge < -0.3 is 9.72 Å². The molecule has 0 aliphatic heterocycles. The van der Waals surface area contributed by atoms with Crippen LogP contribution in [0.15, 0.2) is 12.7 Å². The van der Waals surface area contributed by atoms with Crippen LogP contribution in [0, 0.1) is 0 Å². The summed E-state index contributed by atoms with van der Waals surface area (Å²) in [6.07, 6.45) is 3.17. The van der Waals surface area contributed by atoms with Gasteiger partial charge in [0.1, 0.15) is 8.24 Å². The average Bonchev–Trinajstić information content (AvgIpc) is 2.30. The van der Waals surface area contributed by atoms with Crippen LogP contribution < -0.4 is 4.98 Å². The molecule has 3 heteroatoms. The lowest BCUT2D eigenvalue weighted by Crippen LogP contribution is -2.63. The van der Waals surface area contributed by atoms with Crippen LogP contribution in [0.5, 0.6) is 0 Å². The van der Waals surface area contributed by atoms with Crippen molar-refractivity contribution in [3.8, 4) is 0 Å². The molecule has 0 aliphatic carbocycles. The van der Waals surface area contributed by atoms with Crippen molar-refractivity contribution in [1.29, 1.82) is 0 Å². The number of hydrogen-bond acceptors (Lipinski definition) is 2. The van der Waals surface area contributed by atoms with Gasteiger partial charge in [-0.3, -0.25) is 0 Å². The molecule has 0 saturated carbocycles. The van der Waals surface area contributed by atoms with E-state index < -0.39 is 8.24 Å². The Bertz CT molecular complexity index is 309. The second kappa shape index (κ2) is 8.65. The minimum atomic E-state index is -1.64. The number of hydrogen-bond donors (Lipinski definition) is 1. The van der Waals surface area contributed by atoms with Crippen molar-refractivity contribution < 1.29 is 4.74 Å². The molecule has 0 aromatic rings. The summed E-state index contributed by atoms with van der Waals surface area (Å²) in [4.78, 5) is 4.13. The van der Waals surface area contributed by atoms with E-state index in [4.69, 9.17) is 4.74 Å². The molecule has 0 saturated heterocycles. The molecular weight excluding hydrogens is 286 g/mol. The van der Waals surface area contributed by atoms with Gasteiger partial charge in [-0.25, -0.2) is 0 Å². The van der Waals surface area contributed by atoms with E-state index in [1.807, 2.05) is 6.08 Å². The summed E-state index contributed by atoms with van der Waals surface area (Å²) in [6.45, 7) is 26.9. The first-order valence-electron chi connectivity index (χ1n) is 8.94. The van der Waals surface area contributed by atoms with Crippen molar-refractivity contribution in [2.45, 2.75) is 110 Å². The zero-order chi connectivity index (χ0) is 17.7. The minimum absolute atomic E-state index is 0.113. The van der Waals surface area contributed by atoms with E-state index in [1.165, 1.54) is 0 Å². The summed E-state index contributed by atoms with van der Waals surface area (Å²) in [7, 11) is -1.64. The molecule has 0 aromatic heterocycles. The second-order valence-corrected chi connectivity index (χ2v) is 14.2. The first-order valence-corrected chi connectivity index (χ1v) is 11.2. The highest BCUT2D eigenvalue weighted by atomic mass is 28.3. The molecule has 0 rings (SSSR count). The van der Waals surface area contributed by atoms with Crippen LogP contribution >= 0.6 is 0 Å². The monoisotopic (exact) mass is 327 g/mol. The fourth-order valence-electron chi connectivity index (χ4n) is 4.01. The molecule has 132 valence electrons. The highest BCUT2D eigenvalue weighted by molar-refractivity contribution is 6.81. The predicted octanol–water partition coefficient (Wildman–Crippen LogP) is 5.90. The normalized spacial score (nSPS) is 16.4. The lowest BCUT2D eigenvalue weighted by Gasteiger charge is -2.47. The lowest BCUT2D eigenvalue weighted by molar-refractivity contribution is -0.0635. The molecule has 0 unspecified atom stereocenters. The molecule has 0 amide bonds. The molecule has 0 radical (unpaired) electrons. The predicted molar refractivity (Wildman–Crippen MR) is 103 cm³/mol. The first kappa shape index (κ1) is 21.9. The Kier molecular flexibility index (Phi) is 8.60. The van der Waals surface area contributed by atoms with E-state index in [1.54, 1.807) is 0 Å². The molecule has 0 heterocycles. The average molecular weight is 328 g/mol. The third-order valence-corrected chi connectivity index (χ3v) is 11.4. The van der Waals surface area contributed by atoms with Gasteiger partial charge in [0.15, 0.2) is 0 Å². The van der Waals surface area contributed by atoms with E-state index in [2.05, 4.69) is 80.8 Å². The van der Waals surface area contributed by atoms with Gasteiger partial charge >= 0.3 is 0 Å². The quantitative estimate of drug-likeness (QED) is 0.420. The van der Waals surface area contributed by atoms with E-state index in [0.29, 0.717) is 22.7 Å². The topological polar surface area (TPSA) is 21.3 Å². The van der Waals surface area contributed by atoms with Gasteiger partial charge in [-0.15, -0.1) is 6.58 Å². The maximum Gasteiger partial charge on any atom is 0.133 e. The SMILES string of the molecule is C=CC[C@@H](N[Si](C(C)C)(C(C)C)C(C)C)[C@H](C)OC(C)(C)C. The third kappa shape index (κ3) is 5.82. The van der Waals surface area contributed by atoms with Crippen molar-refractivity contribution in [3.05, 3.63) is 12.7 Å². The maximum absolute atomic E-state index is 6.25. The fourth-order valence-corrected chi connectivity index (χ4v) is 10.0. The molecule has 2 atom stereocenters. The third-order valence-electron chi connectivity index (χ3n) is 4.83. The van der Waals surface area contributed by atoms with Crippen LogP contribution in [0.2, 0.25) is 16.6 Å². The van der Waals surface area contributed by atoms with Crippen molar-refractivity contribution >= 4 is 8.24 Å². The van der Waals surface area contributed by atoms with Crippen molar-refractivity contribution in [1.82, 2.24) is 4.98 Å². The molecule has 2 nitrogen and oxygen atoms in total. The zero-order valence-electron chi connectivity index (χ0n) is 16.8. The minimum Gasteiger partial charge on any atom is -0.371 e. The Hall–Kier alpha value is -0.123. The van der Waals surface area contributed by atoms with E-state index in [-0.39, 0.29) is 11.7 Å². The second-order valence-electron chi connectivity index (χ2n) is 8.61. The Labute approximate surface area is 141 Å². The first-order chi connectivity index (χ1) is 9.88. The van der Waals surface area contributed by atoms with Gasteiger partial charge in [0.2, 0.25) is 0 Å². The Balaban J connectivity index is 5.44. The molecule has 22 heavy (non-hydrogen) atoms. The number of ether oxygens (including phenoxy) is 1. The van der Waals surface area contributed by atoms with Gasteiger partial charge in [0, 0.05) is 6.04 Å². The van der Waals surface area contributed by atoms with Crippen LogP contribution in [0.1, 0.15) is 75.7 Å². The summed E-state index contributed by atoms with van der Waals surface area (Å²) in [6, 6.07) is 0.343. The van der Waals surface area contributed by atoms with Gasteiger partial charge in [0.05, 0.1) is 11.7 Å². The van der Waals surface area contributed by atoms with Crippen LogP contribution in [0.4, 0.5) is 0 Å². The fraction of sp³-hybridized carbons (Fsp3) is 0.895. The largest absolute Gasteiger partial charge is 0.371 e. The highest BCUT2D eigenvalue weighted by Crippen LogP contribution is 2.40. The Morgan fingerprint density at radius 1 is 0.955 bits per heavy atom. The molecule has 0 aromatic carbocycles. The molecule has 0 bridgehead atoms. The van der Waals surface area contributed by atoms with E-state index in [9.17, 15) is 0 Å². The number of rotatable bonds is 9. The van der Waals surface area contributed by atoms with Crippen LogP contribution in [-0.4, -0.2) is 26.0 Å². The van der Waals surface area contributed by atoms with Gasteiger partial charge in [0.25, 0.3) is 0 Å². The summed E-state index contributed by atoms with van der Waals surface area (Å²) in [5.74, 6) is 0. The van der Waals surface area contributed by atoms with Crippen molar-refractivity contribution in [3.63, 3.8) is 0 Å². The zero-order valence-corrected chi connectivity index (χ0v) is 17.8. The Morgan fingerprint density at radius 3 is 1.64 bits per heavy atom. The van der Waals surface area contributed by atoms with Crippen molar-refractivity contribution in [2.75, 3.05) is 0 Å². The van der Waals surface area contributed by atoms with Gasteiger partial charge in [-0.2, -0.15) is 0 Å². The van der Waals surface area contributed by atoms with E-state index in [0.717, 1.165) is 6.42 Å². The molecule has 0 spiro atoms. The smallest absolute Gasteiger partial charge is 0.133 e. The summed E-state index contributed by atoms with van der Waals surface area (Å²) >= 11 is 0. The highest BCUT2D eigenvalue weighted by Gasteiger charge is 2.45. The van der Waals surface area contributed by atoms with Crippen LogP contribution in [0.3, 0.4) is 0 Å². The molecular formula is C19H41NOSi. The summed E-state index contributed by atoms with van der Waals surface area (Å²) in [5, 5.41) is 0.